The van der Waals surface area contributed by atoms with E-state index in [2.05, 4.69) is 33.5 Å². The predicted molar refractivity (Wildman–Crippen MR) is 117 cm³/mol. The van der Waals surface area contributed by atoms with Crippen LogP contribution < -0.4 is 15.8 Å². The second-order valence-electron chi connectivity index (χ2n) is 6.67. The first-order chi connectivity index (χ1) is 14.4. The Morgan fingerprint density at radius 3 is 2.63 bits per heavy atom. The number of nitrogen functional groups attached to an aromatic ring is 1. The topological polar surface area (TPSA) is 123 Å². The van der Waals surface area contributed by atoms with Gasteiger partial charge in [0.2, 0.25) is 5.95 Å². The highest BCUT2D eigenvalue weighted by Crippen LogP contribution is 2.29. The van der Waals surface area contributed by atoms with E-state index in [0.29, 0.717) is 12.4 Å². The number of benzene rings is 2. The number of aliphatic carboxylic acids is 1. The molecule has 2 heterocycles. The Bertz CT molecular complexity index is 1110. The van der Waals surface area contributed by atoms with Gasteiger partial charge in [0.15, 0.2) is 0 Å². The standard InChI is InChI=1S/C20H19N5O.C2H4O2/c1-12-9-13(4-6-17(12)26-2)19-16-10-15(5-3-14(16)11-23-19)24-18-7-8-22-20(21)25-18;1-2(3)4/h3-10H,11H2,1-2H3,(H3,21,22,24,25);1H3,(H,3,4). The number of aryl methyl sites for hydroxylation is 1. The summed E-state index contributed by atoms with van der Waals surface area (Å²) in [6, 6.07) is 14.1. The lowest BCUT2D eigenvalue weighted by Crippen LogP contribution is -2.04. The van der Waals surface area contributed by atoms with Crippen molar-refractivity contribution in [1.29, 1.82) is 0 Å². The van der Waals surface area contributed by atoms with E-state index in [1.165, 1.54) is 5.56 Å². The van der Waals surface area contributed by atoms with Crippen molar-refractivity contribution in [2.45, 2.75) is 20.4 Å². The lowest BCUT2D eigenvalue weighted by molar-refractivity contribution is -0.134. The van der Waals surface area contributed by atoms with Crippen molar-refractivity contribution in [1.82, 2.24) is 9.97 Å². The number of aromatic nitrogens is 2. The maximum Gasteiger partial charge on any atom is 0.300 e. The molecule has 0 radical (unpaired) electrons. The van der Waals surface area contributed by atoms with Crippen molar-refractivity contribution in [3.05, 3.63) is 70.9 Å². The quantitative estimate of drug-likeness (QED) is 0.606. The van der Waals surface area contributed by atoms with Gasteiger partial charge in [0.1, 0.15) is 11.6 Å². The van der Waals surface area contributed by atoms with Crippen LogP contribution in [-0.2, 0) is 11.3 Å². The molecule has 0 saturated carbocycles. The van der Waals surface area contributed by atoms with Gasteiger partial charge in [0.05, 0.1) is 19.4 Å². The van der Waals surface area contributed by atoms with Crippen molar-refractivity contribution in [2.24, 2.45) is 4.99 Å². The van der Waals surface area contributed by atoms with Crippen LogP contribution in [0.4, 0.5) is 17.5 Å². The maximum absolute atomic E-state index is 9.00. The number of fused-ring (bicyclic) bond motifs is 1. The van der Waals surface area contributed by atoms with E-state index in [4.69, 9.17) is 25.4 Å². The molecule has 1 aliphatic heterocycles. The Labute approximate surface area is 174 Å². The van der Waals surface area contributed by atoms with Gasteiger partial charge in [0.25, 0.3) is 5.97 Å². The summed E-state index contributed by atoms with van der Waals surface area (Å²) in [4.78, 5) is 21.8. The van der Waals surface area contributed by atoms with Gasteiger partial charge in [-0.05, 0) is 54.4 Å². The molecule has 4 rings (SSSR count). The average Bonchev–Trinajstić information content (AvgIpc) is 3.11. The fourth-order valence-corrected chi connectivity index (χ4v) is 3.13. The van der Waals surface area contributed by atoms with Crippen LogP contribution in [0.25, 0.3) is 0 Å². The van der Waals surface area contributed by atoms with Crippen LogP contribution in [0, 0.1) is 6.92 Å². The molecule has 154 valence electrons. The number of nitrogens with two attached hydrogens (primary N) is 1. The third kappa shape index (κ3) is 4.91. The number of nitrogens with zero attached hydrogens (tertiary/aromatic N) is 3. The number of carboxylic acid groups (broad SMARTS) is 1. The summed E-state index contributed by atoms with van der Waals surface area (Å²) in [5, 5.41) is 10.7. The number of nitrogens with one attached hydrogen (secondary N) is 1. The van der Waals surface area contributed by atoms with Crippen LogP contribution >= 0.6 is 0 Å². The molecule has 0 amide bonds. The van der Waals surface area contributed by atoms with Crippen LogP contribution in [0.3, 0.4) is 0 Å². The second-order valence-corrected chi connectivity index (χ2v) is 6.67. The molecule has 2 aromatic carbocycles. The number of methoxy groups -OCH3 is 1. The zero-order valence-electron chi connectivity index (χ0n) is 17.0. The summed E-state index contributed by atoms with van der Waals surface area (Å²) in [7, 11) is 1.68. The molecule has 0 saturated heterocycles. The Morgan fingerprint density at radius 1 is 1.20 bits per heavy atom. The minimum Gasteiger partial charge on any atom is -0.496 e. The molecule has 0 spiro atoms. The van der Waals surface area contributed by atoms with E-state index >= 15 is 0 Å². The van der Waals surface area contributed by atoms with Gasteiger partial charge < -0.3 is 20.9 Å². The van der Waals surface area contributed by atoms with Crippen LogP contribution in [-0.4, -0.2) is 33.9 Å². The van der Waals surface area contributed by atoms with E-state index < -0.39 is 5.97 Å². The molecule has 1 aromatic heterocycles. The second kappa shape index (κ2) is 9.04. The summed E-state index contributed by atoms with van der Waals surface area (Å²) in [5.74, 6) is 0.950. The highest BCUT2D eigenvalue weighted by molar-refractivity contribution is 6.15. The molecule has 1 aliphatic rings. The van der Waals surface area contributed by atoms with Gasteiger partial charge in [-0.1, -0.05) is 6.07 Å². The average molecular weight is 405 g/mol. The fourth-order valence-electron chi connectivity index (χ4n) is 3.13. The summed E-state index contributed by atoms with van der Waals surface area (Å²) in [6.45, 7) is 3.81. The van der Waals surface area contributed by atoms with Crippen LogP contribution in [0.1, 0.15) is 29.2 Å². The molecular formula is C22H23N5O3. The summed E-state index contributed by atoms with van der Waals surface area (Å²) in [5.41, 5.74) is 12.1. The lowest BCUT2D eigenvalue weighted by atomic mass is 9.98. The minimum atomic E-state index is -0.833. The van der Waals surface area contributed by atoms with Crippen molar-refractivity contribution < 1.29 is 14.6 Å². The molecule has 0 unspecified atom stereocenters. The molecule has 8 heteroatoms. The number of hydrogen-bond donors (Lipinski definition) is 3. The highest BCUT2D eigenvalue weighted by Gasteiger charge is 2.18. The first kappa shape index (κ1) is 20.8. The maximum atomic E-state index is 9.00. The van der Waals surface area contributed by atoms with Gasteiger partial charge >= 0.3 is 0 Å². The SMILES string of the molecule is CC(=O)O.COc1ccc(C2=NCc3ccc(Nc4ccnc(N)n4)cc32)cc1C. The first-order valence-corrected chi connectivity index (χ1v) is 9.25. The Kier molecular flexibility index (Phi) is 6.26. The van der Waals surface area contributed by atoms with Crippen molar-refractivity contribution in [2.75, 3.05) is 18.2 Å². The summed E-state index contributed by atoms with van der Waals surface area (Å²) >= 11 is 0. The monoisotopic (exact) mass is 405 g/mol. The van der Waals surface area contributed by atoms with Gasteiger partial charge in [-0.2, -0.15) is 4.98 Å². The third-order valence-corrected chi connectivity index (χ3v) is 4.39. The summed E-state index contributed by atoms with van der Waals surface area (Å²) < 4.78 is 5.36. The van der Waals surface area contributed by atoms with Gasteiger partial charge in [-0.15, -0.1) is 0 Å². The summed E-state index contributed by atoms with van der Waals surface area (Å²) in [6.07, 6.45) is 1.63. The Balaban J connectivity index is 0.000000589. The Morgan fingerprint density at radius 2 is 1.97 bits per heavy atom. The molecule has 0 atom stereocenters. The zero-order valence-corrected chi connectivity index (χ0v) is 17.0. The zero-order chi connectivity index (χ0) is 21.7. The van der Waals surface area contributed by atoms with Gasteiger partial charge in [-0.25, -0.2) is 4.98 Å². The molecule has 4 N–H and O–H groups in total. The van der Waals surface area contributed by atoms with Gasteiger partial charge in [0, 0.05) is 29.9 Å². The Hall–Kier alpha value is -3.94. The first-order valence-electron chi connectivity index (χ1n) is 9.25. The number of aliphatic imine (C=N–C) groups is 1. The van der Waals surface area contributed by atoms with E-state index in [0.717, 1.165) is 40.8 Å². The number of anilines is 3. The van der Waals surface area contributed by atoms with Gasteiger partial charge in [-0.3, -0.25) is 9.79 Å². The smallest absolute Gasteiger partial charge is 0.300 e. The molecule has 8 nitrogen and oxygen atoms in total. The van der Waals surface area contributed by atoms with E-state index in [1.807, 2.05) is 25.1 Å². The van der Waals surface area contributed by atoms with Crippen LogP contribution in [0.2, 0.25) is 0 Å². The van der Waals surface area contributed by atoms with Crippen LogP contribution in [0.15, 0.2) is 53.7 Å². The number of rotatable bonds is 4. The number of hydrogen-bond acceptors (Lipinski definition) is 7. The largest absolute Gasteiger partial charge is 0.496 e. The molecule has 0 bridgehead atoms. The number of ether oxygens (including phenoxy) is 1. The van der Waals surface area contributed by atoms with Crippen molar-refractivity contribution in [3.63, 3.8) is 0 Å². The molecular weight excluding hydrogens is 382 g/mol. The predicted octanol–water partition coefficient (Wildman–Crippen LogP) is 3.56. The van der Waals surface area contributed by atoms with Crippen molar-refractivity contribution >= 4 is 29.1 Å². The molecule has 3 aromatic rings. The lowest BCUT2D eigenvalue weighted by Gasteiger charge is -2.11. The van der Waals surface area contributed by atoms with Crippen molar-refractivity contribution in [3.8, 4) is 5.75 Å². The van der Waals surface area contributed by atoms with E-state index in [-0.39, 0.29) is 5.95 Å². The van der Waals surface area contributed by atoms with E-state index in [9.17, 15) is 0 Å². The van der Waals surface area contributed by atoms with E-state index in [1.54, 1.807) is 19.4 Å². The molecule has 0 aliphatic carbocycles. The molecule has 0 fully saturated rings. The fraction of sp³-hybridized carbons (Fsp3) is 0.182. The van der Waals surface area contributed by atoms with Crippen LogP contribution in [0.5, 0.6) is 5.75 Å². The molecule has 30 heavy (non-hydrogen) atoms. The number of carboxylic acids is 1. The highest BCUT2D eigenvalue weighted by atomic mass is 16.5. The number of carbonyl (C=O) groups is 1. The minimum absolute atomic E-state index is 0.243. The third-order valence-electron chi connectivity index (χ3n) is 4.39. The normalized spacial score (nSPS) is 11.6.